The van der Waals surface area contributed by atoms with Gasteiger partial charge in [0, 0.05) is 70.2 Å². The van der Waals surface area contributed by atoms with E-state index in [1.54, 1.807) is 38.1 Å². The van der Waals surface area contributed by atoms with Gasteiger partial charge in [-0.2, -0.15) is 11.8 Å². The van der Waals surface area contributed by atoms with Crippen LogP contribution in [0.2, 0.25) is 5.02 Å². The summed E-state index contributed by atoms with van der Waals surface area (Å²) in [6.45, 7) is 6.51. The average molecular weight is 909 g/mol. The third-order valence-electron chi connectivity index (χ3n) is 11.3. The molecule has 3 aliphatic rings. The molecule has 2 saturated heterocycles. The average Bonchev–Trinajstić information content (AvgIpc) is 3.54. The number of carbonyl (C=O) groups is 7. The van der Waals surface area contributed by atoms with E-state index in [2.05, 4.69) is 5.32 Å². The number of methoxy groups -OCH3 is 2. The van der Waals surface area contributed by atoms with E-state index in [4.69, 9.17) is 35.4 Å². The van der Waals surface area contributed by atoms with E-state index in [0.717, 1.165) is 11.1 Å². The molecule has 1 aromatic carbocycles. The SMILES string of the molecule is COc1cc2cc(c1Cl)N(C)C(=O)C[C@H](OC(=O)[C@H](C)N(C)C(=O)CCSCCC(=O)ON1C(=O)CCC1=O)[C@@H](C)[C@@H](O)[C@H](C)[C@@H]1C[C@@](O)(NC(=O)O1)[C@H](OC)/C=C/C=C(\C)C2. The van der Waals surface area contributed by atoms with Gasteiger partial charge in [-0.3, -0.25) is 24.5 Å². The summed E-state index contributed by atoms with van der Waals surface area (Å²) in [7, 11) is 5.75. The van der Waals surface area contributed by atoms with Crippen molar-refractivity contribution in [1.29, 1.82) is 0 Å². The standard InChI is InChI=1S/C42H57ClN4O14S/c1-23-10-9-11-32(58-8)42(56)22-31(60-41(55)44-42)25(3)39(53)24(2)29(21-36(51)46(6)28-19-27(18-23)20-30(57-7)38(28)43)59-40(54)26(4)45(5)33(48)14-16-62-17-15-37(52)61-47-34(49)12-13-35(47)50/h9-11,19-20,24-26,29,31-32,39,53,56H,12-18,21-22H2,1-8H3,(H,44,55)/b11-9+,23-10+/t24-,25-,26+,29+,31+,32-,39-,42+/m1/s1. The minimum Gasteiger partial charge on any atom is -0.495 e. The van der Waals surface area contributed by atoms with Crippen LogP contribution in [-0.2, 0) is 54.2 Å². The maximum absolute atomic E-state index is 14.1. The van der Waals surface area contributed by atoms with E-state index < -0.39 is 96.1 Å². The fourth-order valence-corrected chi connectivity index (χ4v) is 8.36. The number of benzene rings is 1. The Kier molecular flexibility index (Phi) is 17.8. The van der Waals surface area contributed by atoms with Crippen LogP contribution in [0.15, 0.2) is 35.9 Å². The first-order valence-corrected chi connectivity index (χ1v) is 21.7. The fraction of sp³-hybridized carbons (Fsp3) is 0.595. The number of alkyl carbamates (subject to hydrolysis) is 1. The number of rotatable bonds is 12. The monoisotopic (exact) mass is 908 g/mol. The molecule has 0 unspecified atom stereocenters. The van der Waals surface area contributed by atoms with Gasteiger partial charge in [0.15, 0.2) is 5.72 Å². The van der Waals surface area contributed by atoms with Gasteiger partial charge in [0.05, 0.1) is 31.7 Å². The third-order valence-corrected chi connectivity index (χ3v) is 12.7. The molecular weight excluding hydrogens is 852 g/mol. The van der Waals surface area contributed by atoms with Crippen molar-refractivity contribution in [1.82, 2.24) is 15.3 Å². The number of fused-ring (bicyclic) bond motifs is 4. The number of halogens is 1. The number of esters is 1. The number of aliphatic hydroxyl groups excluding tert-OH is 1. The molecule has 20 heteroatoms. The van der Waals surface area contributed by atoms with Crippen molar-refractivity contribution >= 4 is 70.7 Å². The molecular formula is C42H57ClN4O14S. The van der Waals surface area contributed by atoms with Gasteiger partial charge in [-0.15, -0.1) is 5.06 Å². The lowest BCUT2D eigenvalue weighted by molar-refractivity contribution is -0.197. The quantitative estimate of drug-likeness (QED) is 0.155. The van der Waals surface area contributed by atoms with Crippen LogP contribution in [0.5, 0.6) is 5.75 Å². The highest BCUT2D eigenvalue weighted by molar-refractivity contribution is 7.99. The van der Waals surface area contributed by atoms with Gasteiger partial charge in [0.1, 0.15) is 35.1 Å². The minimum atomic E-state index is -1.94. The number of anilines is 1. The maximum Gasteiger partial charge on any atom is 0.409 e. The molecule has 8 atom stereocenters. The van der Waals surface area contributed by atoms with Crippen LogP contribution >= 0.6 is 23.4 Å². The number of ether oxygens (including phenoxy) is 4. The number of likely N-dealkylation sites (N-methyl/N-ethyl adjacent to an activating group) is 1. The summed E-state index contributed by atoms with van der Waals surface area (Å²) >= 11 is 8.00. The van der Waals surface area contributed by atoms with E-state index in [1.807, 2.05) is 13.0 Å². The van der Waals surface area contributed by atoms with Gasteiger partial charge in [-0.25, -0.2) is 14.4 Å². The molecule has 3 heterocycles. The Balaban J connectivity index is 1.54. The van der Waals surface area contributed by atoms with E-state index in [0.29, 0.717) is 22.9 Å². The minimum absolute atomic E-state index is 0.0179. The van der Waals surface area contributed by atoms with Gasteiger partial charge in [-0.1, -0.05) is 49.2 Å². The van der Waals surface area contributed by atoms with Crippen LogP contribution < -0.4 is 15.0 Å². The lowest BCUT2D eigenvalue weighted by Crippen LogP contribution is -2.64. The first kappa shape index (κ1) is 50.0. The zero-order valence-corrected chi connectivity index (χ0v) is 37.8. The van der Waals surface area contributed by atoms with Crippen molar-refractivity contribution in [2.45, 2.75) is 109 Å². The van der Waals surface area contributed by atoms with Crippen molar-refractivity contribution in [3.63, 3.8) is 0 Å². The molecule has 18 nitrogen and oxygen atoms in total. The van der Waals surface area contributed by atoms with Gasteiger partial charge >= 0.3 is 18.0 Å². The van der Waals surface area contributed by atoms with Crippen molar-refractivity contribution < 1.29 is 67.6 Å². The number of nitrogens with one attached hydrogen (secondary N) is 1. The molecule has 4 bridgehead atoms. The highest BCUT2D eigenvalue weighted by atomic mass is 35.5. The summed E-state index contributed by atoms with van der Waals surface area (Å²) in [6.07, 6.45) is -0.991. The Bertz CT molecular complexity index is 1910. The van der Waals surface area contributed by atoms with Crippen LogP contribution in [0, 0.1) is 11.8 Å². The maximum atomic E-state index is 14.1. The van der Waals surface area contributed by atoms with E-state index in [1.165, 1.54) is 56.8 Å². The molecule has 0 saturated carbocycles. The number of thioether (sulfide) groups is 1. The third kappa shape index (κ3) is 12.5. The van der Waals surface area contributed by atoms with E-state index in [9.17, 15) is 43.8 Å². The highest BCUT2D eigenvalue weighted by Crippen LogP contribution is 2.38. The molecule has 62 heavy (non-hydrogen) atoms. The Morgan fingerprint density at radius 2 is 1.73 bits per heavy atom. The molecule has 5 amide bonds. The summed E-state index contributed by atoms with van der Waals surface area (Å²) in [5, 5.41) is 26.6. The summed E-state index contributed by atoms with van der Waals surface area (Å²) < 4.78 is 22.7. The molecule has 0 aromatic heterocycles. The molecule has 0 radical (unpaired) electrons. The second-order valence-corrected chi connectivity index (χ2v) is 17.3. The van der Waals surface area contributed by atoms with Gasteiger partial charge in [0.25, 0.3) is 11.8 Å². The Morgan fingerprint density at radius 3 is 2.37 bits per heavy atom. The first-order valence-electron chi connectivity index (χ1n) is 20.2. The number of hydroxylamine groups is 2. The Hall–Kier alpha value is -4.69. The fourth-order valence-electron chi connectivity index (χ4n) is 7.21. The molecule has 1 aromatic rings. The lowest BCUT2D eigenvalue weighted by atomic mass is 9.81. The normalized spacial score (nSPS) is 28.0. The van der Waals surface area contributed by atoms with Crippen LogP contribution in [0.4, 0.5) is 10.5 Å². The Morgan fingerprint density at radius 1 is 1.06 bits per heavy atom. The number of amides is 5. The molecule has 4 rings (SSSR count). The number of imide groups is 1. The van der Waals surface area contributed by atoms with Crippen LogP contribution in [-0.4, -0.2) is 138 Å². The van der Waals surface area contributed by atoms with Crippen LogP contribution in [0.3, 0.4) is 0 Å². The smallest absolute Gasteiger partial charge is 0.409 e. The molecule has 2 fully saturated rings. The van der Waals surface area contributed by atoms with E-state index in [-0.39, 0.29) is 48.6 Å². The first-order chi connectivity index (χ1) is 29.2. The van der Waals surface area contributed by atoms with Crippen molar-refractivity contribution in [3.05, 3.63) is 46.5 Å². The number of aliphatic hydroxyl groups is 2. The van der Waals surface area contributed by atoms with Gasteiger partial charge in [-0.05, 0) is 38.0 Å². The summed E-state index contributed by atoms with van der Waals surface area (Å²) in [5.74, 6) is -4.77. The number of hydrogen-bond donors (Lipinski definition) is 3. The Labute approximate surface area is 370 Å². The van der Waals surface area contributed by atoms with Gasteiger partial charge < -0.3 is 43.8 Å². The van der Waals surface area contributed by atoms with E-state index >= 15 is 0 Å². The second-order valence-electron chi connectivity index (χ2n) is 15.7. The second kappa shape index (κ2) is 22.1. The van der Waals surface area contributed by atoms with Crippen molar-refractivity contribution in [3.8, 4) is 5.75 Å². The molecule has 0 spiro atoms. The van der Waals surface area contributed by atoms with Crippen LogP contribution in [0.1, 0.15) is 71.8 Å². The summed E-state index contributed by atoms with van der Waals surface area (Å²) in [4.78, 5) is 96.8. The topological polar surface area (TPSA) is 228 Å². The summed E-state index contributed by atoms with van der Waals surface area (Å²) in [5.41, 5.74) is 0.00198. The zero-order chi connectivity index (χ0) is 46.1. The van der Waals surface area contributed by atoms with Gasteiger partial charge in [0.2, 0.25) is 11.8 Å². The molecule has 342 valence electrons. The zero-order valence-electron chi connectivity index (χ0n) is 36.2. The number of nitrogens with zero attached hydrogens (tertiary/aromatic N) is 3. The number of hydrogen-bond acceptors (Lipinski definition) is 15. The predicted octanol–water partition coefficient (Wildman–Crippen LogP) is 3.47. The van der Waals surface area contributed by atoms with Crippen LogP contribution in [0.25, 0.3) is 0 Å². The largest absolute Gasteiger partial charge is 0.495 e. The molecule has 3 N–H and O–H groups in total. The number of allylic oxidation sites excluding steroid dienone is 3. The molecule has 0 aliphatic carbocycles. The van der Waals surface area contributed by atoms with Crippen molar-refractivity contribution in [2.24, 2.45) is 11.8 Å². The van der Waals surface area contributed by atoms with Crippen molar-refractivity contribution in [2.75, 3.05) is 44.7 Å². The summed E-state index contributed by atoms with van der Waals surface area (Å²) in [6, 6.07) is 2.34. The molecule has 3 aliphatic heterocycles. The number of carbonyl (C=O) groups excluding carboxylic acids is 7. The predicted molar refractivity (Wildman–Crippen MR) is 227 cm³/mol. The highest BCUT2D eigenvalue weighted by Gasteiger charge is 2.48. The lowest BCUT2D eigenvalue weighted by Gasteiger charge is -2.43.